The van der Waals surface area contributed by atoms with Crippen molar-refractivity contribution in [1.82, 2.24) is 9.80 Å². The largest absolute Gasteiger partial charge is 0.493 e. The first-order valence-electron chi connectivity index (χ1n) is 11.8. The van der Waals surface area contributed by atoms with E-state index >= 15 is 0 Å². The molecule has 0 spiro atoms. The zero-order valence-corrected chi connectivity index (χ0v) is 21.1. The van der Waals surface area contributed by atoms with Crippen molar-refractivity contribution in [2.45, 2.75) is 19.3 Å². The summed E-state index contributed by atoms with van der Waals surface area (Å²) >= 11 is 11.9. The Kier molecular flexibility index (Phi) is 8.76. The second-order valence-corrected chi connectivity index (χ2v) is 9.95. The molecule has 2 saturated heterocycles. The van der Waals surface area contributed by atoms with Crippen molar-refractivity contribution in [3.8, 4) is 11.5 Å². The van der Waals surface area contributed by atoms with Crippen LogP contribution in [0, 0.1) is 5.41 Å². The molecule has 35 heavy (non-hydrogen) atoms. The molecule has 2 aromatic rings. The molecule has 0 saturated carbocycles. The maximum Gasteiger partial charge on any atom is 0.260 e. The molecule has 0 N–H and O–H groups in total. The maximum absolute atomic E-state index is 13.2. The molecular weight excluding hydrogens is 491 g/mol. The number of carbonyl (C=O) groups excluding carboxylic acids is 2. The fourth-order valence-corrected chi connectivity index (χ4v) is 4.77. The molecule has 1 atom stereocenters. The van der Waals surface area contributed by atoms with E-state index < -0.39 is 5.41 Å². The first-order chi connectivity index (χ1) is 16.9. The van der Waals surface area contributed by atoms with E-state index in [1.165, 1.54) is 0 Å². The number of carbonyl (C=O) groups is 2. The summed E-state index contributed by atoms with van der Waals surface area (Å²) < 4.78 is 17.2. The summed E-state index contributed by atoms with van der Waals surface area (Å²) in [6.45, 7) is 3.57. The summed E-state index contributed by atoms with van der Waals surface area (Å²) in [4.78, 5) is 29.9. The van der Waals surface area contributed by atoms with Gasteiger partial charge in [-0.05, 0) is 61.4 Å². The van der Waals surface area contributed by atoms with Gasteiger partial charge in [0.2, 0.25) is 5.91 Å². The highest BCUT2D eigenvalue weighted by molar-refractivity contribution is 6.30. The van der Waals surface area contributed by atoms with Crippen molar-refractivity contribution >= 4 is 35.0 Å². The Morgan fingerprint density at radius 2 is 1.43 bits per heavy atom. The Morgan fingerprint density at radius 1 is 0.829 bits per heavy atom. The number of likely N-dealkylation sites (tertiary alicyclic amines) is 1. The van der Waals surface area contributed by atoms with E-state index in [0.717, 1.165) is 12.8 Å². The van der Waals surface area contributed by atoms with Gasteiger partial charge in [-0.25, -0.2) is 0 Å². The van der Waals surface area contributed by atoms with Gasteiger partial charge in [0, 0.05) is 48.1 Å². The van der Waals surface area contributed by atoms with Crippen molar-refractivity contribution in [2.24, 2.45) is 5.41 Å². The van der Waals surface area contributed by atoms with Crippen LogP contribution in [0.15, 0.2) is 48.5 Å². The molecule has 2 fully saturated rings. The number of morpholine rings is 1. The summed E-state index contributed by atoms with van der Waals surface area (Å²) in [7, 11) is 0. The minimum atomic E-state index is -0.497. The quantitative estimate of drug-likeness (QED) is 0.518. The van der Waals surface area contributed by atoms with Gasteiger partial charge in [0.05, 0.1) is 19.8 Å². The van der Waals surface area contributed by atoms with E-state index in [-0.39, 0.29) is 18.4 Å². The van der Waals surface area contributed by atoms with Crippen LogP contribution in [0.2, 0.25) is 10.0 Å². The molecular formula is C26H30Cl2N2O5. The topological polar surface area (TPSA) is 68.3 Å². The molecule has 0 bridgehead atoms. The maximum atomic E-state index is 13.2. The second kappa shape index (κ2) is 12.0. The van der Waals surface area contributed by atoms with Crippen molar-refractivity contribution < 1.29 is 23.8 Å². The van der Waals surface area contributed by atoms with Crippen molar-refractivity contribution in [3.05, 3.63) is 58.6 Å². The first kappa shape index (κ1) is 25.6. The Bertz CT molecular complexity index is 996. The van der Waals surface area contributed by atoms with E-state index in [9.17, 15) is 9.59 Å². The number of nitrogens with zero attached hydrogens (tertiary/aromatic N) is 2. The number of hydrogen-bond acceptors (Lipinski definition) is 5. The van der Waals surface area contributed by atoms with Gasteiger partial charge in [0.15, 0.2) is 6.61 Å². The van der Waals surface area contributed by atoms with Gasteiger partial charge in [-0.2, -0.15) is 0 Å². The Morgan fingerprint density at radius 3 is 2.06 bits per heavy atom. The normalized spacial score (nSPS) is 20.4. The summed E-state index contributed by atoms with van der Waals surface area (Å²) in [5.41, 5.74) is -0.497. The number of benzene rings is 2. The predicted molar refractivity (Wildman–Crippen MR) is 134 cm³/mol. The van der Waals surface area contributed by atoms with Crippen LogP contribution in [0.3, 0.4) is 0 Å². The van der Waals surface area contributed by atoms with Gasteiger partial charge < -0.3 is 24.0 Å². The zero-order valence-electron chi connectivity index (χ0n) is 19.6. The molecule has 0 unspecified atom stereocenters. The minimum absolute atomic E-state index is 0.0692. The first-order valence-corrected chi connectivity index (χ1v) is 12.6. The highest BCUT2D eigenvalue weighted by Gasteiger charge is 2.41. The second-order valence-electron chi connectivity index (χ2n) is 9.07. The van der Waals surface area contributed by atoms with Crippen LogP contribution in [-0.4, -0.2) is 74.2 Å². The molecule has 7 nitrogen and oxygen atoms in total. The molecule has 2 aromatic carbocycles. The fraction of sp³-hybridized carbons (Fsp3) is 0.462. The smallest absolute Gasteiger partial charge is 0.260 e. The van der Waals surface area contributed by atoms with Crippen LogP contribution < -0.4 is 9.47 Å². The van der Waals surface area contributed by atoms with E-state index in [1.54, 1.807) is 41.3 Å². The molecule has 9 heteroatoms. The summed E-state index contributed by atoms with van der Waals surface area (Å²) in [6, 6.07) is 14.1. The third-order valence-corrected chi connectivity index (χ3v) is 6.94. The zero-order chi connectivity index (χ0) is 24.7. The van der Waals surface area contributed by atoms with Gasteiger partial charge in [0.25, 0.3) is 5.91 Å². The molecule has 4 rings (SSSR count). The SMILES string of the molecule is O=C(C[C@@]1(COc2ccc(Cl)cc2)CCCN(C(=O)COc2ccc(Cl)cc2)C1)N1CCOCC1. The molecule has 0 aromatic heterocycles. The lowest BCUT2D eigenvalue weighted by Gasteiger charge is -2.43. The van der Waals surface area contributed by atoms with Crippen LogP contribution in [0.25, 0.3) is 0 Å². The summed E-state index contributed by atoms with van der Waals surface area (Å²) in [6.07, 6.45) is 1.88. The van der Waals surface area contributed by atoms with Crippen molar-refractivity contribution in [1.29, 1.82) is 0 Å². The number of hydrogen-bond donors (Lipinski definition) is 0. The average molecular weight is 521 g/mol. The van der Waals surface area contributed by atoms with Crippen LogP contribution >= 0.6 is 23.2 Å². The van der Waals surface area contributed by atoms with E-state index in [2.05, 4.69) is 0 Å². The molecule has 0 aliphatic carbocycles. The third kappa shape index (κ3) is 7.26. The predicted octanol–water partition coefficient (Wildman–Crippen LogP) is 4.31. The lowest BCUT2D eigenvalue weighted by molar-refractivity contribution is -0.144. The number of amides is 2. The minimum Gasteiger partial charge on any atom is -0.493 e. The summed E-state index contributed by atoms with van der Waals surface area (Å²) in [5, 5.41) is 1.24. The highest BCUT2D eigenvalue weighted by Crippen LogP contribution is 2.35. The molecule has 2 heterocycles. The van der Waals surface area contributed by atoms with Crippen molar-refractivity contribution in [2.75, 3.05) is 52.6 Å². The Balaban J connectivity index is 1.43. The number of ether oxygens (including phenoxy) is 3. The molecule has 2 aliphatic rings. The lowest BCUT2D eigenvalue weighted by Crippen LogP contribution is -2.52. The molecule has 2 aliphatic heterocycles. The standard InChI is InChI=1S/C26H30Cl2N2O5/c27-20-2-6-22(7-3-20)34-17-25(32)30-11-1-10-26(18-30,16-24(31)29-12-14-33-15-13-29)19-35-23-8-4-21(28)5-9-23/h2-9H,1,10-19H2/t26-/m0/s1. The van der Waals surface area contributed by atoms with Gasteiger partial charge >= 0.3 is 0 Å². The lowest BCUT2D eigenvalue weighted by atomic mass is 9.77. The number of piperidine rings is 1. The highest BCUT2D eigenvalue weighted by atomic mass is 35.5. The van der Waals surface area contributed by atoms with Crippen LogP contribution in [0.4, 0.5) is 0 Å². The van der Waals surface area contributed by atoms with Gasteiger partial charge in [-0.15, -0.1) is 0 Å². The average Bonchev–Trinajstić information content (AvgIpc) is 2.88. The third-order valence-electron chi connectivity index (χ3n) is 6.44. The van der Waals surface area contributed by atoms with Crippen LogP contribution in [0.5, 0.6) is 11.5 Å². The van der Waals surface area contributed by atoms with E-state index in [4.69, 9.17) is 37.4 Å². The van der Waals surface area contributed by atoms with Gasteiger partial charge in [0.1, 0.15) is 11.5 Å². The molecule has 2 amide bonds. The Labute approximate surface area is 215 Å². The molecule has 188 valence electrons. The van der Waals surface area contributed by atoms with E-state index in [1.807, 2.05) is 17.0 Å². The van der Waals surface area contributed by atoms with Gasteiger partial charge in [-0.3, -0.25) is 9.59 Å². The number of halogens is 2. The van der Waals surface area contributed by atoms with Crippen LogP contribution in [-0.2, 0) is 14.3 Å². The summed E-state index contributed by atoms with van der Waals surface area (Å²) in [5.74, 6) is 1.22. The molecule has 0 radical (unpaired) electrons. The van der Waals surface area contributed by atoms with E-state index in [0.29, 0.717) is 74.0 Å². The van der Waals surface area contributed by atoms with Crippen LogP contribution in [0.1, 0.15) is 19.3 Å². The number of rotatable bonds is 8. The van der Waals surface area contributed by atoms with Crippen molar-refractivity contribution in [3.63, 3.8) is 0 Å². The fourth-order valence-electron chi connectivity index (χ4n) is 4.51. The monoisotopic (exact) mass is 520 g/mol. The Hall–Kier alpha value is -2.48. The van der Waals surface area contributed by atoms with Gasteiger partial charge in [-0.1, -0.05) is 23.2 Å².